The minimum Gasteiger partial charge on any atom is -0.496 e. The van der Waals surface area contributed by atoms with Gasteiger partial charge < -0.3 is 19.9 Å². The van der Waals surface area contributed by atoms with E-state index in [1.54, 1.807) is 7.11 Å². The van der Waals surface area contributed by atoms with Crippen LogP contribution in [0.1, 0.15) is 24.1 Å². The quantitative estimate of drug-likeness (QED) is 0.580. The van der Waals surface area contributed by atoms with E-state index in [9.17, 15) is 4.79 Å². The number of nitrogens with one attached hydrogen (secondary N) is 2. The largest absolute Gasteiger partial charge is 0.496 e. The number of carbonyl (C=O) groups excluding carboxylic acids is 1. The van der Waals surface area contributed by atoms with Crippen molar-refractivity contribution in [3.63, 3.8) is 0 Å². The topological polar surface area (TPSA) is 76.4 Å². The molecule has 162 valence electrons. The van der Waals surface area contributed by atoms with Gasteiger partial charge in [0.05, 0.1) is 12.8 Å². The zero-order chi connectivity index (χ0) is 21.5. The standard InChI is InChI=1S/C25H29N3O3/c1-30-23-10-6-5-9-20(23)17-27-25(29)14-19-11-12-26-16-21(19)13-22-15-24(31-28-22)18-7-3-2-4-8-18/h2-10,15,19,21,26H,11-14,16-17H2,1H3,(H,27,29). The fourth-order valence-electron chi connectivity index (χ4n) is 4.25. The SMILES string of the molecule is COc1ccccc1CNC(=O)CC1CCNCC1Cc1cc(-c2ccccc2)on1. The predicted octanol–water partition coefficient (Wildman–Crippen LogP) is 3.82. The molecule has 2 N–H and O–H groups in total. The Morgan fingerprint density at radius 1 is 1.16 bits per heavy atom. The summed E-state index contributed by atoms with van der Waals surface area (Å²) in [5, 5.41) is 10.8. The normalized spacial score (nSPS) is 18.5. The smallest absolute Gasteiger partial charge is 0.220 e. The fourth-order valence-corrected chi connectivity index (χ4v) is 4.25. The Kier molecular flexibility index (Phi) is 6.99. The first-order valence-electron chi connectivity index (χ1n) is 10.8. The number of rotatable bonds is 8. The average Bonchev–Trinajstić information content (AvgIpc) is 3.28. The van der Waals surface area contributed by atoms with Gasteiger partial charge in [0.15, 0.2) is 5.76 Å². The van der Waals surface area contributed by atoms with E-state index in [0.29, 0.717) is 24.8 Å². The molecule has 1 aromatic heterocycles. The van der Waals surface area contributed by atoms with Gasteiger partial charge in [-0.25, -0.2) is 0 Å². The molecule has 1 saturated heterocycles. The van der Waals surface area contributed by atoms with Crippen LogP contribution in [0.2, 0.25) is 0 Å². The molecule has 0 bridgehead atoms. The van der Waals surface area contributed by atoms with Crippen LogP contribution in [0.25, 0.3) is 11.3 Å². The molecule has 31 heavy (non-hydrogen) atoms. The lowest BCUT2D eigenvalue weighted by Crippen LogP contribution is -2.40. The minimum absolute atomic E-state index is 0.0768. The molecule has 0 spiro atoms. The molecule has 2 unspecified atom stereocenters. The van der Waals surface area contributed by atoms with Crippen LogP contribution in [-0.4, -0.2) is 31.3 Å². The van der Waals surface area contributed by atoms with Crippen LogP contribution < -0.4 is 15.4 Å². The summed E-state index contributed by atoms with van der Waals surface area (Å²) in [6, 6.07) is 19.8. The molecular weight excluding hydrogens is 390 g/mol. The second kappa shape index (κ2) is 10.3. The summed E-state index contributed by atoms with van der Waals surface area (Å²) in [7, 11) is 1.65. The third-order valence-electron chi connectivity index (χ3n) is 5.97. The van der Waals surface area contributed by atoms with Crippen molar-refractivity contribution in [1.82, 2.24) is 15.8 Å². The van der Waals surface area contributed by atoms with Crippen molar-refractivity contribution in [2.75, 3.05) is 20.2 Å². The van der Waals surface area contributed by atoms with E-state index in [1.165, 1.54) is 0 Å². The van der Waals surface area contributed by atoms with Crippen molar-refractivity contribution in [3.8, 4) is 17.1 Å². The van der Waals surface area contributed by atoms with Gasteiger partial charge in [-0.2, -0.15) is 0 Å². The number of amides is 1. The second-order valence-electron chi connectivity index (χ2n) is 8.06. The molecule has 1 fully saturated rings. The molecular formula is C25H29N3O3. The summed E-state index contributed by atoms with van der Waals surface area (Å²) in [4.78, 5) is 12.7. The Morgan fingerprint density at radius 2 is 1.97 bits per heavy atom. The van der Waals surface area contributed by atoms with E-state index in [4.69, 9.17) is 9.26 Å². The Labute approximate surface area is 183 Å². The molecule has 1 aliphatic rings. The summed E-state index contributed by atoms with van der Waals surface area (Å²) < 4.78 is 10.9. The Bertz CT molecular complexity index is 986. The number of benzene rings is 2. The van der Waals surface area contributed by atoms with Gasteiger partial charge in [-0.05, 0) is 43.8 Å². The van der Waals surface area contributed by atoms with Crippen LogP contribution in [-0.2, 0) is 17.8 Å². The number of aromatic nitrogens is 1. The second-order valence-corrected chi connectivity index (χ2v) is 8.06. The fraction of sp³-hybridized carbons (Fsp3) is 0.360. The van der Waals surface area contributed by atoms with E-state index in [-0.39, 0.29) is 5.91 Å². The lowest BCUT2D eigenvalue weighted by molar-refractivity contribution is -0.122. The highest BCUT2D eigenvalue weighted by atomic mass is 16.5. The predicted molar refractivity (Wildman–Crippen MR) is 120 cm³/mol. The van der Waals surface area contributed by atoms with Crippen LogP contribution in [0.15, 0.2) is 65.2 Å². The third-order valence-corrected chi connectivity index (χ3v) is 5.97. The molecule has 6 heteroatoms. The number of nitrogens with zero attached hydrogens (tertiary/aromatic N) is 1. The van der Waals surface area contributed by atoms with Gasteiger partial charge in [-0.3, -0.25) is 4.79 Å². The van der Waals surface area contributed by atoms with E-state index >= 15 is 0 Å². The summed E-state index contributed by atoms with van der Waals surface area (Å²) in [5.41, 5.74) is 2.94. The first kappa shape index (κ1) is 21.1. The van der Waals surface area contributed by atoms with Crippen molar-refractivity contribution < 1.29 is 14.1 Å². The van der Waals surface area contributed by atoms with Gasteiger partial charge in [0.25, 0.3) is 0 Å². The van der Waals surface area contributed by atoms with E-state index in [0.717, 1.165) is 54.3 Å². The molecule has 2 aromatic carbocycles. The van der Waals surface area contributed by atoms with Gasteiger partial charge in [0.1, 0.15) is 5.75 Å². The van der Waals surface area contributed by atoms with Gasteiger partial charge in [-0.1, -0.05) is 53.7 Å². The Balaban J connectivity index is 1.34. The number of para-hydroxylation sites is 1. The van der Waals surface area contributed by atoms with Gasteiger partial charge >= 0.3 is 0 Å². The number of hydrogen-bond acceptors (Lipinski definition) is 5. The number of carbonyl (C=O) groups is 1. The van der Waals surface area contributed by atoms with Crippen LogP contribution in [0.4, 0.5) is 0 Å². The van der Waals surface area contributed by atoms with Crippen molar-refractivity contribution in [2.45, 2.75) is 25.8 Å². The summed E-state index contributed by atoms with van der Waals surface area (Å²) in [5.74, 6) is 2.32. The van der Waals surface area contributed by atoms with Gasteiger partial charge in [0, 0.05) is 30.2 Å². The van der Waals surface area contributed by atoms with Crippen molar-refractivity contribution in [2.24, 2.45) is 11.8 Å². The van der Waals surface area contributed by atoms with Crippen LogP contribution in [0, 0.1) is 11.8 Å². The molecule has 0 aliphatic carbocycles. The lowest BCUT2D eigenvalue weighted by atomic mass is 9.81. The minimum atomic E-state index is 0.0768. The zero-order valence-electron chi connectivity index (χ0n) is 17.8. The molecule has 4 rings (SSSR count). The molecule has 1 aliphatic heterocycles. The Hall–Kier alpha value is -3.12. The van der Waals surface area contributed by atoms with Crippen LogP contribution in [0.3, 0.4) is 0 Å². The molecule has 2 atom stereocenters. The van der Waals surface area contributed by atoms with Crippen molar-refractivity contribution in [3.05, 3.63) is 71.9 Å². The number of methoxy groups -OCH3 is 1. The molecule has 0 radical (unpaired) electrons. The molecule has 6 nitrogen and oxygen atoms in total. The third kappa shape index (κ3) is 5.52. The first-order valence-corrected chi connectivity index (χ1v) is 10.8. The average molecular weight is 420 g/mol. The van der Waals surface area contributed by atoms with Crippen molar-refractivity contribution >= 4 is 5.91 Å². The van der Waals surface area contributed by atoms with Crippen LogP contribution >= 0.6 is 0 Å². The van der Waals surface area contributed by atoms with E-state index < -0.39 is 0 Å². The van der Waals surface area contributed by atoms with Crippen LogP contribution in [0.5, 0.6) is 5.75 Å². The summed E-state index contributed by atoms with van der Waals surface area (Å²) in [6.45, 7) is 2.30. The maximum absolute atomic E-state index is 12.7. The van der Waals surface area contributed by atoms with Gasteiger partial charge in [0.2, 0.25) is 5.91 Å². The highest BCUT2D eigenvalue weighted by Crippen LogP contribution is 2.28. The monoisotopic (exact) mass is 419 g/mol. The van der Waals surface area contributed by atoms with E-state index in [2.05, 4.69) is 15.8 Å². The Morgan fingerprint density at radius 3 is 2.81 bits per heavy atom. The maximum atomic E-state index is 12.7. The highest BCUT2D eigenvalue weighted by Gasteiger charge is 2.28. The zero-order valence-corrected chi connectivity index (χ0v) is 17.8. The molecule has 1 amide bonds. The molecule has 0 saturated carbocycles. The number of piperidine rings is 1. The highest BCUT2D eigenvalue weighted by molar-refractivity contribution is 5.76. The van der Waals surface area contributed by atoms with Gasteiger partial charge in [-0.15, -0.1) is 0 Å². The molecule has 3 aromatic rings. The maximum Gasteiger partial charge on any atom is 0.220 e. The summed E-state index contributed by atoms with van der Waals surface area (Å²) >= 11 is 0. The molecule has 2 heterocycles. The van der Waals surface area contributed by atoms with E-state index in [1.807, 2.05) is 60.7 Å². The first-order chi connectivity index (χ1) is 15.2. The van der Waals surface area contributed by atoms with Crippen molar-refractivity contribution in [1.29, 1.82) is 0 Å². The number of ether oxygens (including phenoxy) is 1. The lowest BCUT2D eigenvalue weighted by Gasteiger charge is -2.31. The number of hydrogen-bond donors (Lipinski definition) is 2. The summed E-state index contributed by atoms with van der Waals surface area (Å²) in [6.07, 6.45) is 2.30.